The lowest BCUT2D eigenvalue weighted by Crippen LogP contribution is -2.05. The fraction of sp³-hybridized carbons (Fsp3) is 0.125. The Labute approximate surface area is 117 Å². The van der Waals surface area contributed by atoms with Gasteiger partial charge in [0.05, 0.1) is 5.56 Å². The second kappa shape index (κ2) is 5.57. The number of carboxylic acid groups (broad SMARTS) is 1. The Morgan fingerprint density at radius 2 is 1.60 bits per heavy atom. The van der Waals surface area contributed by atoms with E-state index in [1.165, 1.54) is 6.92 Å². The standard InChI is InChI=1S/C16H15NO3/c1-10-9-13(5-8-15(10)16(19)20)12-3-6-14(7-4-12)17-11(2)18/h3-9H,1-2H3,(H,17,18)(H,19,20). The Morgan fingerprint density at radius 1 is 1.00 bits per heavy atom. The van der Waals surface area contributed by atoms with Crippen molar-refractivity contribution in [1.29, 1.82) is 0 Å². The zero-order chi connectivity index (χ0) is 14.7. The lowest BCUT2D eigenvalue weighted by atomic mass is 10.00. The highest BCUT2D eigenvalue weighted by molar-refractivity contribution is 5.90. The molecule has 0 radical (unpaired) electrons. The molecule has 4 heteroatoms. The monoisotopic (exact) mass is 269 g/mol. The average molecular weight is 269 g/mol. The highest BCUT2D eigenvalue weighted by atomic mass is 16.4. The third-order valence-corrected chi connectivity index (χ3v) is 3.00. The number of rotatable bonds is 3. The van der Waals surface area contributed by atoms with Crippen LogP contribution in [0.25, 0.3) is 11.1 Å². The summed E-state index contributed by atoms with van der Waals surface area (Å²) in [6.45, 7) is 3.24. The highest BCUT2D eigenvalue weighted by Crippen LogP contribution is 2.24. The van der Waals surface area contributed by atoms with Gasteiger partial charge in [-0.15, -0.1) is 0 Å². The summed E-state index contributed by atoms with van der Waals surface area (Å²) in [4.78, 5) is 21.9. The van der Waals surface area contributed by atoms with E-state index in [4.69, 9.17) is 5.11 Å². The summed E-state index contributed by atoms with van der Waals surface area (Å²) < 4.78 is 0. The lowest BCUT2D eigenvalue weighted by molar-refractivity contribution is -0.114. The quantitative estimate of drug-likeness (QED) is 0.898. The topological polar surface area (TPSA) is 66.4 Å². The van der Waals surface area contributed by atoms with Crippen LogP contribution in [-0.4, -0.2) is 17.0 Å². The Bertz CT molecular complexity index is 660. The molecule has 0 bridgehead atoms. The molecule has 0 atom stereocenters. The third kappa shape index (κ3) is 3.03. The average Bonchev–Trinajstić information content (AvgIpc) is 2.38. The molecule has 2 aromatic carbocycles. The lowest BCUT2D eigenvalue weighted by Gasteiger charge is -2.07. The van der Waals surface area contributed by atoms with Gasteiger partial charge in [0, 0.05) is 12.6 Å². The molecule has 4 nitrogen and oxygen atoms in total. The predicted octanol–water partition coefficient (Wildman–Crippen LogP) is 3.32. The van der Waals surface area contributed by atoms with Crippen LogP contribution in [0.4, 0.5) is 5.69 Å². The summed E-state index contributed by atoms with van der Waals surface area (Å²) in [5.41, 5.74) is 3.69. The summed E-state index contributed by atoms with van der Waals surface area (Å²) in [6, 6.07) is 12.6. The number of amides is 1. The summed E-state index contributed by atoms with van der Waals surface area (Å²) in [5, 5.41) is 11.7. The minimum Gasteiger partial charge on any atom is -0.478 e. The van der Waals surface area contributed by atoms with E-state index in [2.05, 4.69) is 5.32 Å². The molecule has 1 amide bonds. The normalized spacial score (nSPS) is 10.1. The molecule has 0 unspecified atom stereocenters. The highest BCUT2D eigenvalue weighted by Gasteiger charge is 2.08. The maximum Gasteiger partial charge on any atom is 0.335 e. The fourth-order valence-corrected chi connectivity index (χ4v) is 2.03. The molecule has 0 aromatic heterocycles. The number of aromatic carboxylic acids is 1. The molecule has 2 N–H and O–H groups in total. The summed E-state index contributed by atoms with van der Waals surface area (Å²) in [5.74, 6) is -1.03. The first-order valence-corrected chi connectivity index (χ1v) is 6.19. The summed E-state index contributed by atoms with van der Waals surface area (Å²) >= 11 is 0. The fourth-order valence-electron chi connectivity index (χ4n) is 2.03. The van der Waals surface area contributed by atoms with E-state index in [1.54, 1.807) is 19.1 Å². The SMILES string of the molecule is CC(=O)Nc1ccc(-c2ccc(C(=O)O)c(C)c2)cc1. The molecule has 0 aliphatic rings. The maximum absolute atomic E-state index is 11.0. The van der Waals surface area contributed by atoms with Crippen molar-refractivity contribution in [3.63, 3.8) is 0 Å². The van der Waals surface area contributed by atoms with Crippen molar-refractivity contribution in [2.45, 2.75) is 13.8 Å². The number of carboxylic acids is 1. The molecule has 20 heavy (non-hydrogen) atoms. The van der Waals surface area contributed by atoms with Gasteiger partial charge in [0.25, 0.3) is 0 Å². The first-order chi connectivity index (χ1) is 9.47. The number of benzene rings is 2. The number of hydrogen-bond acceptors (Lipinski definition) is 2. The van der Waals surface area contributed by atoms with Gasteiger partial charge in [-0.05, 0) is 41.8 Å². The second-order valence-electron chi connectivity index (χ2n) is 4.59. The van der Waals surface area contributed by atoms with Crippen LogP contribution >= 0.6 is 0 Å². The number of nitrogens with one attached hydrogen (secondary N) is 1. The van der Waals surface area contributed by atoms with E-state index in [1.807, 2.05) is 30.3 Å². The molecule has 0 saturated carbocycles. The van der Waals surface area contributed by atoms with Crippen molar-refractivity contribution in [1.82, 2.24) is 0 Å². The number of aryl methyl sites for hydroxylation is 1. The van der Waals surface area contributed by atoms with Crippen molar-refractivity contribution in [2.24, 2.45) is 0 Å². The van der Waals surface area contributed by atoms with Crippen LogP contribution in [0.15, 0.2) is 42.5 Å². The van der Waals surface area contributed by atoms with Crippen molar-refractivity contribution in [3.05, 3.63) is 53.6 Å². The predicted molar refractivity (Wildman–Crippen MR) is 77.9 cm³/mol. The molecule has 2 aromatic rings. The smallest absolute Gasteiger partial charge is 0.335 e. The molecule has 0 heterocycles. The van der Waals surface area contributed by atoms with E-state index < -0.39 is 5.97 Å². The van der Waals surface area contributed by atoms with Crippen molar-refractivity contribution in [2.75, 3.05) is 5.32 Å². The number of carbonyl (C=O) groups excluding carboxylic acids is 1. The van der Waals surface area contributed by atoms with E-state index in [0.29, 0.717) is 5.56 Å². The van der Waals surface area contributed by atoms with Crippen molar-refractivity contribution >= 4 is 17.6 Å². The molecule has 102 valence electrons. The van der Waals surface area contributed by atoms with Gasteiger partial charge >= 0.3 is 5.97 Å². The van der Waals surface area contributed by atoms with Crippen LogP contribution in [0.3, 0.4) is 0 Å². The minimum atomic E-state index is -0.921. The van der Waals surface area contributed by atoms with Gasteiger partial charge in [0.2, 0.25) is 5.91 Å². The van der Waals surface area contributed by atoms with Crippen LogP contribution in [0.1, 0.15) is 22.8 Å². The van der Waals surface area contributed by atoms with Crippen LogP contribution in [0.5, 0.6) is 0 Å². The number of anilines is 1. The summed E-state index contributed by atoms with van der Waals surface area (Å²) in [6.07, 6.45) is 0. The minimum absolute atomic E-state index is 0.112. The van der Waals surface area contributed by atoms with Gasteiger partial charge in [-0.25, -0.2) is 4.79 Å². The van der Waals surface area contributed by atoms with Gasteiger partial charge in [-0.2, -0.15) is 0 Å². The van der Waals surface area contributed by atoms with E-state index in [9.17, 15) is 9.59 Å². The van der Waals surface area contributed by atoms with Crippen LogP contribution in [-0.2, 0) is 4.79 Å². The third-order valence-electron chi connectivity index (χ3n) is 3.00. The molecule has 0 aliphatic heterocycles. The van der Waals surface area contributed by atoms with E-state index >= 15 is 0 Å². The van der Waals surface area contributed by atoms with E-state index in [0.717, 1.165) is 22.4 Å². The molecule has 2 rings (SSSR count). The molecular formula is C16H15NO3. The van der Waals surface area contributed by atoms with Crippen molar-refractivity contribution < 1.29 is 14.7 Å². The van der Waals surface area contributed by atoms with Gasteiger partial charge < -0.3 is 10.4 Å². The van der Waals surface area contributed by atoms with Crippen LogP contribution in [0, 0.1) is 6.92 Å². The van der Waals surface area contributed by atoms with Crippen LogP contribution in [0.2, 0.25) is 0 Å². The van der Waals surface area contributed by atoms with Crippen molar-refractivity contribution in [3.8, 4) is 11.1 Å². The molecule has 0 aliphatic carbocycles. The first-order valence-electron chi connectivity index (χ1n) is 6.19. The van der Waals surface area contributed by atoms with Gasteiger partial charge in [0.1, 0.15) is 0 Å². The zero-order valence-electron chi connectivity index (χ0n) is 11.3. The molecule has 0 saturated heterocycles. The Kier molecular flexibility index (Phi) is 3.84. The van der Waals surface area contributed by atoms with Gasteiger partial charge in [-0.3, -0.25) is 4.79 Å². The van der Waals surface area contributed by atoms with Crippen LogP contribution < -0.4 is 5.32 Å². The Hall–Kier alpha value is -2.62. The van der Waals surface area contributed by atoms with E-state index in [-0.39, 0.29) is 5.91 Å². The largest absolute Gasteiger partial charge is 0.478 e. The number of hydrogen-bond donors (Lipinski definition) is 2. The van der Waals surface area contributed by atoms with Gasteiger partial charge in [0.15, 0.2) is 0 Å². The Morgan fingerprint density at radius 3 is 2.10 bits per heavy atom. The zero-order valence-corrected chi connectivity index (χ0v) is 11.3. The van der Waals surface area contributed by atoms with Gasteiger partial charge in [-0.1, -0.05) is 24.3 Å². The first kappa shape index (κ1) is 13.8. The Balaban J connectivity index is 2.30. The molecule has 0 fully saturated rings. The molecule has 0 spiro atoms. The summed E-state index contributed by atoms with van der Waals surface area (Å²) in [7, 11) is 0. The maximum atomic E-state index is 11.0. The molecular weight excluding hydrogens is 254 g/mol. The number of carbonyl (C=O) groups is 2. The second-order valence-corrected chi connectivity index (χ2v) is 4.59.